The third-order valence-corrected chi connectivity index (χ3v) is 5.37. The van der Waals surface area contributed by atoms with E-state index in [1.165, 1.54) is 51.9 Å². The highest BCUT2D eigenvalue weighted by Gasteiger charge is 2.32. The van der Waals surface area contributed by atoms with Gasteiger partial charge in [0.25, 0.3) is 0 Å². The third-order valence-electron chi connectivity index (χ3n) is 5.37. The Labute approximate surface area is 120 Å². The smallest absolute Gasteiger partial charge is 0.0226 e. The molecule has 0 aromatic heterocycles. The highest BCUT2D eigenvalue weighted by atomic mass is 15.2. The lowest BCUT2D eigenvalue weighted by Crippen LogP contribution is -2.46. The first-order valence-electron chi connectivity index (χ1n) is 8.36. The summed E-state index contributed by atoms with van der Waals surface area (Å²) < 4.78 is 0. The largest absolute Gasteiger partial charge is 0.302 e. The van der Waals surface area contributed by atoms with Crippen LogP contribution in [0.3, 0.4) is 0 Å². The molecule has 2 heteroatoms. The summed E-state index contributed by atoms with van der Waals surface area (Å²) in [6.45, 7) is 17.2. The van der Waals surface area contributed by atoms with E-state index in [2.05, 4.69) is 44.4 Å². The summed E-state index contributed by atoms with van der Waals surface area (Å²) in [6.07, 6.45) is 5.62. The van der Waals surface area contributed by atoms with Gasteiger partial charge in [-0.2, -0.15) is 0 Å². The quantitative estimate of drug-likeness (QED) is 0.770. The van der Waals surface area contributed by atoms with E-state index in [1.807, 2.05) is 0 Å². The Morgan fingerprint density at radius 3 is 2.16 bits per heavy atom. The van der Waals surface area contributed by atoms with Crippen LogP contribution < -0.4 is 0 Å². The van der Waals surface area contributed by atoms with Crippen molar-refractivity contribution in [2.24, 2.45) is 11.3 Å². The minimum atomic E-state index is 0.503. The molecule has 0 spiro atoms. The molecule has 0 aromatic rings. The zero-order valence-corrected chi connectivity index (χ0v) is 13.8. The molecule has 0 N–H and O–H groups in total. The van der Waals surface area contributed by atoms with Crippen molar-refractivity contribution in [2.45, 2.75) is 72.4 Å². The van der Waals surface area contributed by atoms with Gasteiger partial charge in [-0.05, 0) is 70.5 Å². The molecule has 2 nitrogen and oxygen atoms in total. The Bertz CT molecular complexity index is 271. The van der Waals surface area contributed by atoms with E-state index < -0.39 is 0 Å². The minimum Gasteiger partial charge on any atom is -0.302 e. The highest BCUT2D eigenvalue weighted by molar-refractivity contribution is 4.87. The molecule has 2 aliphatic rings. The van der Waals surface area contributed by atoms with Crippen LogP contribution in [0.4, 0.5) is 0 Å². The summed E-state index contributed by atoms with van der Waals surface area (Å²) in [7, 11) is 0. The van der Waals surface area contributed by atoms with Crippen LogP contribution in [0.25, 0.3) is 0 Å². The van der Waals surface area contributed by atoms with Crippen molar-refractivity contribution in [3.63, 3.8) is 0 Å². The van der Waals surface area contributed by atoms with Crippen LogP contribution in [0.5, 0.6) is 0 Å². The van der Waals surface area contributed by atoms with Gasteiger partial charge in [0.1, 0.15) is 0 Å². The van der Waals surface area contributed by atoms with E-state index in [0.717, 1.165) is 18.0 Å². The van der Waals surface area contributed by atoms with Crippen molar-refractivity contribution in [1.29, 1.82) is 0 Å². The van der Waals surface area contributed by atoms with Gasteiger partial charge in [-0.15, -0.1) is 0 Å². The van der Waals surface area contributed by atoms with E-state index in [1.54, 1.807) is 0 Å². The summed E-state index contributed by atoms with van der Waals surface area (Å²) in [5.74, 6) is 0.925. The van der Waals surface area contributed by atoms with E-state index in [4.69, 9.17) is 0 Å². The number of nitrogens with zero attached hydrogens (tertiary/aromatic N) is 2. The first-order chi connectivity index (χ1) is 8.88. The van der Waals surface area contributed by atoms with Crippen molar-refractivity contribution in [2.75, 3.05) is 26.2 Å². The molecule has 0 amide bonds. The third kappa shape index (κ3) is 3.95. The summed E-state index contributed by atoms with van der Waals surface area (Å²) in [6, 6.07) is 1.55. The molecule has 2 saturated heterocycles. The molecule has 0 bridgehead atoms. The van der Waals surface area contributed by atoms with Crippen molar-refractivity contribution in [3.8, 4) is 0 Å². The molecular formula is C17H34N2. The van der Waals surface area contributed by atoms with Crippen LogP contribution in [-0.2, 0) is 0 Å². The number of likely N-dealkylation sites (tertiary alicyclic amines) is 2. The number of piperidine rings is 1. The Kier molecular flexibility index (Phi) is 4.94. The Morgan fingerprint density at radius 1 is 1.00 bits per heavy atom. The van der Waals surface area contributed by atoms with Gasteiger partial charge in [0, 0.05) is 18.6 Å². The Balaban J connectivity index is 1.79. The van der Waals surface area contributed by atoms with Crippen molar-refractivity contribution in [3.05, 3.63) is 0 Å². The van der Waals surface area contributed by atoms with Crippen molar-refractivity contribution >= 4 is 0 Å². The van der Waals surface area contributed by atoms with Crippen LogP contribution in [0.1, 0.15) is 60.3 Å². The summed E-state index contributed by atoms with van der Waals surface area (Å²) in [5, 5.41) is 0. The zero-order chi connectivity index (χ0) is 14.0. The SMILES string of the molecule is CC(C)N1CCC[C@@H]1CN1CCC(C(C)(C)C)CC1. The molecule has 112 valence electrons. The molecule has 19 heavy (non-hydrogen) atoms. The fraction of sp³-hybridized carbons (Fsp3) is 1.00. The van der Waals surface area contributed by atoms with E-state index in [-0.39, 0.29) is 0 Å². The highest BCUT2D eigenvalue weighted by Crippen LogP contribution is 2.34. The van der Waals surface area contributed by atoms with Gasteiger partial charge >= 0.3 is 0 Å². The molecule has 0 radical (unpaired) electrons. The van der Waals surface area contributed by atoms with Gasteiger partial charge in [-0.25, -0.2) is 0 Å². The Morgan fingerprint density at radius 2 is 1.63 bits per heavy atom. The summed E-state index contributed by atoms with van der Waals surface area (Å²) in [4.78, 5) is 5.45. The number of hydrogen-bond acceptors (Lipinski definition) is 2. The normalized spacial score (nSPS) is 28.4. The molecule has 0 aliphatic carbocycles. The maximum atomic E-state index is 2.73. The lowest BCUT2D eigenvalue weighted by Gasteiger charge is -2.41. The van der Waals surface area contributed by atoms with Gasteiger partial charge < -0.3 is 4.90 Å². The lowest BCUT2D eigenvalue weighted by atomic mass is 9.75. The number of hydrogen-bond donors (Lipinski definition) is 0. The summed E-state index contributed by atoms with van der Waals surface area (Å²) >= 11 is 0. The topological polar surface area (TPSA) is 6.48 Å². The average Bonchev–Trinajstić information content (AvgIpc) is 2.77. The van der Waals surface area contributed by atoms with Crippen LogP contribution in [-0.4, -0.2) is 48.1 Å². The standard InChI is InChI=1S/C17H34N2/c1-14(2)19-10-6-7-16(19)13-18-11-8-15(9-12-18)17(3,4)5/h14-16H,6-13H2,1-5H3/t16-/m1/s1. The predicted octanol–water partition coefficient (Wildman–Crippen LogP) is 3.62. The molecule has 0 aromatic carbocycles. The van der Waals surface area contributed by atoms with Gasteiger partial charge in [0.15, 0.2) is 0 Å². The molecule has 0 saturated carbocycles. The molecule has 2 fully saturated rings. The second kappa shape index (κ2) is 6.13. The molecule has 2 aliphatic heterocycles. The lowest BCUT2D eigenvalue weighted by molar-refractivity contribution is 0.0839. The molecule has 0 unspecified atom stereocenters. The fourth-order valence-electron chi connectivity index (χ4n) is 4.01. The van der Waals surface area contributed by atoms with Gasteiger partial charge in [0.2, 0.25) is 0 Å². The molecule has 2 heterocycles. The van der Waals surface area contributed by atoms with Gasteiger partial charge in [-0.1, -0.05) is 20.8 Å². The first-order valence-corrected chi connectivity index (χ1v) is 8.36. The minimum absolute atomic E-state index is 0.503. The predicted molar refractivity (Wildman–Crippen MR) is 83.5 cm³/mol. The van der Waals surface area contributed by atoms with Gasteiger partial charge in [0.05, 0.1) is 0 Å². The van der Waals surface area contributed by atoms with Crippen molar-refractivity contribution < 1.29 is 0 Å². The van der Waals surface area contributed by atoms with E-state index in [0.29, 0.717) is 5.41 Å². The average molecular weight is 266 g/mol. The van der Waals surface area contributed by atoms with E-state index >= 15 is 0 Å². The zero-order valence-electron chi connectivity index (χ0n) is 13.8. The molecular weight excluding hydrogens is 232 g/mol. The molecule has 2 rings (SSSR count). The first kappa shape index (κ1) is 15.3. The monoisotopic (exact) mass is 266 g/mol. The Hall–Kier alpha value is -0.0800. The number of rotatable bonds is 3. The van der Waals surface area contributed by atoms with E-state index in [9.17, 15) is 0 Å². The summed E-state index contributed by atoms with van der Waals surface area (Å²) in [5.41, 5.74) is 0.503. The van der Waals surface area contributed by atoms with Crippen LogP contribution in [0.15, 0.2) is 0 Å². The maximum Gasteiger partial charge on any atom is 0.0226 e. The molecule has 1 atom stereocenters. The van der Waals surface area contributed by atoms with Crippen LogP contribution in [0, 0.1) is 11.3 Å². The second-order valence-corrected chi connectivity index (χ2v) is 8.07. The maximum absolute atomic E-state index is 2.73. The van der Waals surface area contributed by atoms with Crippen LogP contribution >= 0.6 is 0 Å². The second-order valence-electron chi connectivity index (χ2n) is 8.07. The fourth-order valence-corrected chi connectivity index (χ4v) is 4.01. The van der Waals surface area contributed by atoms with Crippen molar-refractivity contribution in [1.82, 2.24) is 9.80 Å². The van der Waals surface area contributed by atoms with Gasteiger partial charge in [-0.3, -0.25) is 4.90 Å². The van der Waals surface area contributed by atoms with Crippen LogP contribution in [0.2, 0.25) is 0 Å².